The molecule has 4 nitrogen and oxygen atoms in total. The summed E-state index contributed by atoms with van der Waals surface area (Å²) in [6.07, 6.45) is 11.7. The number of hydrogen-bond acceptors (Lipinski definition) is 3. The molecule has 0 spiro atoms. The summed E-state index contributed by atoms with van der Waals surface area (Å²) in [7, 11) is 0. The van der Waals surface area contributed by atoms with Crippen LogP contribution in [0.3, 0.4) is 0 Å². The number of hydrogen-bond donors (Lipinski definition) is 0. The third kappa shape index (κ3) is 4.33. The maximum Gasteiger partial charge on any atom is 0.261 e. The van der Waals surface area contributed by atoms with Crippen molar-refractivity contribution in [3.05, 3.63) is 58.9 Å². The fourth-order valence-corrected chi connectivity index (χ4v) is 4.78. The number of nitrogens with zero attached hydrogens (tertiary/aromatic N) is 2. The van der Waals surface area contributed by atoms with Gasteiger partial charge in [0.15, 0.2) is 6.61 Å². The average Bonchev–Trinajstić information content (AvgIpc) is 3.24. The van der Waals surface area contributed by atoms with E-state index in [4.69, 9.17) is 16.3 Å². The first-order chi connectivity index (χ1) is 13.7. The molecule has 1 aromatic heterocycles. The van der Waals surface area contributed by atoms with Gasteiger partial charge in [0.25, 0.3) is 5.91 Å². The zero-order valence-corrected chi connectivity index (χ0v) is 16.9. The van der Waals surface area contributed by atoms with Gasteiger partial charge in [-0.3, -0.25) is 9.78 Å². The van der Waals surface area contributed by atoms with Crippen LogP contribution in [-0.4, -0.2) is 28.9 Å². The Kier molecular flexibility index (Phi) is 6.16. The van der Waals surface area contributed by atoms with Gasteiger partial charge in [0.05, 0.1) is 6.04 Å². The van der Waals surface area contributed by atoms with Crippen molar-refractivity contribution in [2.45, 2.75) is 56.9 Å². The molecule has 1 saturated heterocycles. The maximum atomic E-state index is 12.9. The highest BCUT2D eigenvalue weighted by Gasteiger charge is 2.30. The zero-order chi connectivity index (χ0) is 19.3. The van der Waals surface area contributed by atoms with Crippen LogP contribution < -0.4 is 4.74 Å². The molecule has 0 radical (unpaired) electrons. The maximum absolute atomic E-state index is 12.9. The van der Waals surface area contributed by atoms with Gasteiger partial charge < -0.3 is 9.64 Å². The normalized spacial score (nSPS) is 20.3. The third-order valence-corrected chi connectivity index (χ3v) is 6.27. The van der Waals surface area contributed by atoms with Crippen LogP contribution in [0.25, 0.3) is 0 Å². The number of amides is 1. The second-order valence-electron chi connectivity index (χ2n) is 7.83. The fourth-order valence-electron chi connectivity index (χ4n) is 4.60. The van der Waals surface area contributed by atoms with E-state index in [-0.39, 0.29) is 18.6 Å². The molecule has 2 heterocycles. The lowest BCUT2D eigenvalue weighted by Gasteiger charge is -2.27. The second-order valence-corrected chi connectivity index (χ2v) is 8.27. The van der Waals surface area contributed by atoms with E-state index in [9.17, 15) is 4.79 Å². The van der Waals surface area contributed by atoms with Gasteiger partial charge in [-0.15, -0.1) is 0 Å². The van der Waals surface area contributed by atoms with Gasteiger partial charge >= 0.3 is 0 Å². The Hall–Kier alpha value is -2.07. The Morgan fingerprint density at radius 1 is 1.07 bits per heavy atom. The largest absolute Gasteiger partial charge is 0.483 e. The number of likely N-dealkylation sites (tertiary alicyclic amines) is 1. The molecular formula is C23H27ClN2O2. The summed E-state index contributed by atoms with van der Waals surface area (Å²) in [4.78, 5) is 19.0. The van der Waals surface area contributed by atoms with Crippen LogP contribution >= 0.6 is 11.6 Å². The smallest absolute Gasteiger partial charge is 0.261 e. The summed E-state index contributed by atoms with van der Waals surface area (Å²) in [5.74, 6) is 1.34. The van der Waals surface area contributed by atoms with E-state index in [1.54, 1.807) is 12.4 Å². The number of carbonyl (C=O) groups excluding carboxylic acids is 1. The summed E-state index contributed by atoms with van der Waals surface area (Å²) in [5.41, 5.74) is 2.31. The topological polar surface area (TPSA) is 42.4 Å². The van der Waals surface area contributed by atoms with Crippen LogP contribution in [0, 0.1) is 0 Å². The number of carbonyl (C=O) groups is 1. The first-order valence-corrected chi connectivity index (χ1v) is 10.7. The quantitative estimate of drug-likeness (QED) is 0.665. The molecule has 0 N–H and O–H groups in total. The molecule has 5 heteroatoms. The summed E-state index contributed by atoms with van der Waals surface area (Å²) in [5, 5.41) is 0.733. The molecule has 1 saturated carbocycles. The van der Waals surface area contributed by atoms with Crippen molar-refractivity contribution in [1.82, 2.24) is 9.88 Å². The van der Waals surface area contributed by atoms with Crippen molar-refractivity contribution in [2.75, 3.05) is 13.2 Å². The summed E-state index contributed by atoms with van der Waals surface area (Å²) < 4.78 is 6.04. The Bertz CT molecular complexity index is 806. The molecule has 4 rings (SSSR count). The lowest BCUT2D eigenvalue weighted by Crippen LogP contribution is -2.34. The first kappa shape index (κ1) is 19.3. The minimum Gasteiger partial charge on any atom is -0.483 e. The molecular weight excluding hydrogens is 372 g/mol. The fraction of sp³-hybridized carbons (Fsp3) is 0.478. The second kappa shape index (κ2) is 8.95. The van der Waals surface area contributed by atoms with Crippen LogP contribution in [0.4, 0.5) is 0 Å². The Balaban J connectivity index is 1.45. The highest BCUT2D eigenvalue weighted by Crippen LogP contribution is 2.39. The number of benzene rings is 1. The summed E-state index contributed by atoms with van der Waals surface area (Å²) >= 11 is 6.25. The Labute approximate surface area is 171 Å². The van der Waals surface area contributed by atoms with Gasteiger partial charge in [-0.2, -0.15) is 0 Å². The monoisotopic (exact) mass is 398 g/mol. The lowest BCUT2D eigenvalue weighted by molar-refractivity contribution is -0.134. The molecule has 2 aromatic rings. The van der Waals surface area contributed by atoms with Crippen LogP contribution in [0.2, 0.25) is 5.02 Å². The van der Waals surface area contributed by atoms with Gasteiger partial charge in [0.2, 0.25) is 0 Å². The Morgan fingerprint density at radius 2 is 1.86 bits per heavy atom. The molecule has 2 fully saturated rings. The molecule has 28 heavy (non-hydrogen) atoms. The van der Waals surface area contributed by atoms with Gasteiger partial charge in [0, 0.05) is 24.0 Å². The number of pyridine rings is 1. The highest BCUT2D eigenvalue weighted by atomic mass is 35.5. The Morgan fingerprint density at radius 3 is 2.64 bits per heavy atom. The van der Waals surface area contributed by atoms with Crippen molar-refractivity contribution < 1.29 is 9.53 Å². The minimum absolute atomic E-state index is 0.0452. The third-order valence-electron chi connectivity index (χ3n) is 6.03. The molecule has 148 valence electrons. The van der Waals surface area contributed by atoms with Gasteiger partial charge in [-0.1, -0.05) is 30.9 Å². The van der Waals surface area contributed by atoms with E-state index in [1.165, 1.54) is 32.1 Å². The van der Waals surface area contributed by atoms with Gasteiger partial charge in [0.1, 0.15) is 5.75 Å². The molecule has 1 aliphatic carbocycles. The van der Waals surface area contributed by atoms with Crippen LogP contribution in [0.5, 0.6) is 5.75 Å². The van der Waals surface area contributed by atoms with E-state index in [0.717, 1.165) is 41.3 Å². The first-order valence-electron chi connectivity index (χ1n) is 10.3. The lowest BCUT2D eigenvalue weighted by atomic mass is 9.84. The molecule has 1 unspecified atom stereocenters. The van der Waals surface area contributed by atoms with Crippen molar-refractivity contribution >= 4 is 17.5 Å². The van der Waals surface area contributed by atoms with E-state index in [0.29, 0.717) is 5.92 Å². The number of halogens is 1. The van der Waals surface area contributed by atoms with Gasteiger partial charge in [-0.05, 0) is 73.1 Å². The van der Waals surface area contributed by atoms with Crippen molar-refractivity contribution in [3.63, 3.8) is 0 Å². The van der Waals surface area contributed by atoms with Crippen molar-refractivity contribution in [2.24, 2.45) is 0 Å². The number of rotatable bonds is 5. The van der Waals surface area contributed by atoms with Crippen LogP contribution in [0.15, 0.2) is 42.7 Å². The number of aromatic nitrogens is 1. The highest BCUT2D eigenvalue weighted by molar-refractivity contribution is 6.30. The van der Waals surface area contributed by atoms with Crippen molar-refractivity contribution in [1.29, 1.82) is 0 Å². The standard InChI is InChI=1S/C23H27ClN2O2/c24-19-8-9-22(20(15-19)17-5-2-1-3-6-17)28-16-23(27)26-14-4-7-21(26)18-10-12-25-13-11-18/h8-13,15,17,21H,1-7,14,16H2. The van der Waals surface area contributed by atoms with Crippen LogP contribution in [-0.2, 0) is 4.79 Å². The predicted octanol–water partition coefficient (Wildman–Crippen LogP) is 5.53. The van der Waals surface area contributed by atoms with E-state index in [2.05, 4.69) is 4.98 Å². The van der Waals surface area contributed by atoms with Crippen LogP contribution in [0.1, 0.15) is 68.0 Å². The molecule has 1 aromatic carbocycles. The summed E-state index contributed by atoms with van der Waals surface area (Å²) in [6, 6.07) is 9.91. The van der Waals surface area contributed by atoms with Gasteiger partial charge in [-0.25, -0.2) is 0 Å². The zero-order valence-electron chi connectivity index (χ0n) is 16.1. The SMILES string of the molecule is O=C(COc1ccc(Cl)cc1C1CCCCC1)N1CCCC1c1ccncc1. The summed E-state index contributed by atoms with van der Waals surface area (Å²) in [6.45, 7) is 0.855. The minimum atomic E-state index is 0.0452. The average molecular weight is 399 g/mol. The molecule has 1 atom stereocenters. The molecule has 1 amide bonds. The molecule has 1 aliphatic heterocycles. The predicted molar refractivity (Wildman–Crippen MR) is 111 cm³/mol. The molecule has 0 bridgehead atoms. The molecule has 2 aliphatic rings. The van der Waals surface area contributed by atoms with E-state index >= 15 is 0 Å². The van der Waals surface area contributed by atoms with E-state index in [1.807, 2.05) is 35.2 Å². The number of ether oxygens (including phenoxy) is 1. The van der Waals surface area contributed by atoms with Crippen molar-refractivity contribution in [3.8, 4) is 5.75 Å². The van der Waals surface area contributed by atoms with E-state index < -0.39 is 0 Å².